The van der Waals surface area contributed by atoms with Gasteiger partial charge in [-0.05, 0) is 61.4 Å². The lowest BCUT2D eigenvalue weighted by atomic mass is 10.2. The van der Waals surface area contributed by atoms with Crippen LogP contribution in [-0.4, -0.2) is 30.9 Å². The Morgan fingerprint density at radius 1 is 0.931 bits per heavy atom. The topological polar surface area (TPSA) is 96.5 Å². The van der Waals surface area contributed by atoms with Crippen LogP contribution in [0, 0.1) is 6.92 Å². The van der Waals surface area contributed by atoms with Crippen LogP contribution in [0.15, 0.2) is 42.5 Å². The largest absolute Gasteiger partial charge is 0.483 e. The highest BCUT2D eigenvalue weighted by Gasteiger charge is 2.08. The van der Waals surface area contributed by atoms with Gasteiger partial charge in [-0.2, -0.15) is 0 Å². The zero-order chi connectivity index (χ0) is 21.2. The fourth-order valence-electron chi connectivity index (χ4n) is 2.31. The lowest BCUT2D eigenvalue weighted by Gasteiger charge is -2.10. The van der Waals surface area contributed by atoms with Crippen LogP contribution in [0.3, 0.4) is 0 Å². The Kier molecular flexibility index (Phi) is 8.76. The molecule has 0 aromatic heterocycles. The van der Waals surface area contributed by atoms with E-state index >= 15 is 0 Å². The van der Waals surface area contributed by atoms with Crippen molar-refractivity contribution in [1.82, 2.24) is 16.2 Å². The molecule has 0 spiro atoms. The van der Waals surface area contributed by atoms with E-state index in [9.17, 15) is 14.4 Å². The average molecular weight is 438 g/mol. The van der Waals surface area contributed by atoms with Gasteiger partial charge < -0.3 is 10.1 Å². The van der Waals surface area contributed by atoms with E-state index in [2.05, 4.69) is 16.2 Å². The van der Waals surface area contributed by atoms with Gasteiger partial charge in [-0.25, -0.2) is 0 Å². The third kappa shape index (κ3) is 8.01. The zero-order valence-electron chi connectivity index (χ0n) is 15.8. The van der Waals surface area contributed by atoms with Crippen molar-refractivity contribution in [2.45, 2.75) is 19.8 Å². The number of ether oxygens (including phenoxy) is 1. The second-order valence-electron chi connectivity index (χ2n) is 6.16. The highest BCUT2D eigenvalue weighted by molar-refractivity contribution is 6.31. The molecule has 0 atom stereocenters. The van der Waals surface area contributed by atoms with E-state index in [4.69, 9.17) is 27.9 Å². The highest BCUT2D eigenvalue weighted by Crippen LogP contribution is 2.21. The number of carbonyl (C=O) groups is 3. The summed E-state index contributed by atoms with van der Waals surface area (Å²) in [4.78, 5) is 35.4. The molecule has 0 saturated carbocycles. The molecule has 0 radical (unpaired) electrons. The van der Waals surface area contributed by atoms with Gasteiger partial charge in [0.1, 0.15) is 5.75 Å². The van der Waals surface area contributed by atoms with Crippen LogP contribution < -0.4 is 20.9 Å². The second-order valence-corrected chi connectivity index (χ2v) is 7.03. The van der Waals surface area contributed by atoms with Crippen LogP contribution in [0.1, 0.15) is 28.8 Å². The quantitative estimate of drug-likeness (QED) is 0.436. The number of carbonyl (C=O) groups excluding carboxylic acids is 3. The van der Waals surface area contributed by atoms with Crippen LogP contribution >= 0.6 is 23.2 Å². The lowest BCUT2D eigenvalue weighted by Crippen LogP contribution is -2.44. The van der Waals surface area contributed by atoms with E-state index in [1.807, 2.05) is 6.92 Å². The first-order valence-electron chi connectivity index (χ1n) is 8.85. The summed E-state index contributed by atoms with van der Waals surface area (Å²) in [7, 11) is 0. The smallest absolute Gasteiger partial charge is 0.276 e. The molecule has 3 amide bonds. The predicted octanol–water partition coefficient (Wildman–Crippen LogP) is 3.04. The Hall–Kier alpha value is -2.77. The van der Waals surface area contributed by atoms with E-state index in [-0.39, 0.29) is 24.8 Å². The molecular weight excluding hydrogens is 417 g/mol. The van der Waals surface area contributed by atoms with Crippen molar-refractivity contribution in [1.29, 1.82) is 0 Å². The maximum atomic E-state index is 11.9. The number of hydrogen-bond donors (Lipinski definition) is 3. The molecule has 29 heavy (non-hydrogen) atoms. The number of hydrazine groups is 1. The fourth-order valence-corrected chi connectivity index (χ4v) is 2.66. The van der Waals surface area contributed by atoms with Crippen LogP contribution in [0.25, 0.3) is 0 Å². The van der Waals surface area contributed by atoms with Crippen molar-refractivity contribution in [2.24, 2.45) is 0 Å². The van der Waals surface area contributed by atoms with E-state index in [1.165, 1.54) is 0 Å². The monoisotopic (exact) mass is 437 g/mol. The minimum absolute atomic E-state index is 0.137. The van der Waals surface area contributed by atoms with Crippen molar-refractivity contribution in [3.8, 4) is 5.75 Å². The predicted molar refractivity (Wildman–Crippen MR) is 111 cm³/mol. The lowest BCUT2D eigenvalue weighted by molar-refractivity contribution is -0.130. The molecule has 2 aromatic rings. The minimum atomic E-state index is -0.497. The van der Waals surface area contributed by atoms with Gasteiger partial charge in [-0.15, -0.1) is 0 Å². The zero-order valence-corrected chi connectivity index (χ0v) is 17.3. The first kappa shape index (κ1) is 22.5. The normalized spacial score (nSPS) is 10.2. The van der Waals surface area contributed by atoms with Crippen LogP contribution in [0.2, 0.25) is 10.0 Å². The molecule has 9 heteroatoms. The van der Waals surface area contributed by atoms with Crippen molar-refractivity contribution in [2.75, 3.05) is 13.2 Å². The third-order valence-corrected chi connectivity index (χ3v) is 4.30. The molecule has 0 aliphatic rings. The van der Waals surface area contributed by atoms with Gasteiger partial charge in [0.05, 0.1) is 0 Å². The van der Waals surface area contributed by atoms with Gasteiger partial charge in [0.15, 0.2) is 6.61 Å². The molecule has 0 bridgehead atoms. The van der Waals surface area contributed by atoms with Crippen molar-refractivity contribution in [3.05, 3.63) is 63.6 Å². The maximum absolute atomic E-state index is 11.9. The molecule has 2 rings (SSSR count). The molecular formula is C20H21Cl2N3O4. The van der Waals surface area contributed by atoms with Crippen LogP contribution in [-0.2, 0) is 9.59 Å². The second kappa shape index (κ2) is 11.3. The van der Waals surface area contributed by atoms with Crippen molar-refractivity contribution < 1.29 is 19.1 Å². The molecule has 2 aromatic carbocycles. The summed E-state index contributed by atoms with van der Waals surface area (Å²) in [6.07, 6.45) is 0.555. The average Bonchev–Trinajstić information content (AvgIpc) is 2.69. The standard InChI is InChI=1S/C20H21Cl2N3O4/c1-13-11-16(22)8-9-17(13)29-12-19(27)25-24-18(26)3-2-10-23-20(28)14-4-6-15(21)7-5-14/h4-9,11H,2-3,10,12H2,1H3,(H,23,28)(H,24,26)(H,25,27). The van der Waals surface area contributed by atoms with Crippen LogP contribution in [0.5, 0.6) is 5.75 Å². The first-order valence-corrected chi connectivity index (χ1v) is 9.61. The Balaban J connectivity index is 1.59. The van der Waals surface area contributed by atoms with Gasteiger partial charge in [-0.1, -0.05) is 23.2 Å². The van der Waals surface area contributed by atoms with E-state index < -0.39 is 5.91 Å². The summed E-state index contributed by atoms with van der Waals surface area (Å²) < 4.78 is 5.38. The number of aryl methyl sites for hydroxylation is 1. The molecule has 0 aliphatic heterocycles. The number of amides is 3. The fraction of sp³-hybridized carbons (Fsp3) is 0.250. The molecule has 0 aliphatic carbocycles. The van der Waals surface area contributed by atoms with Gasteiger partial charge in [0.2, 0.25) is 5.91 Å². The van der Waals surface area contributed by atoms with Gasteiger partial charge in [-0.3, -0.25) is 25.2 Å². The SMILES string of the molecule is Cc1cc(Cl)ccc1OCC(=O)NNC(=O)CCCNC(=O)c1ccc(Cl)cc1. The van der Waals surface area contributed by atoms with Gasteiger partial charge in [0, 0.05) is 28.6 Å². The summed E-state index contributed by atoms with van der Waals surface area (Å²) in [6, 6.07) is 11.6. The number of halogens is 2. The molecule has 0 fully saturated rings. The van der Waals surface area contributed by atoms with E-state index in [1.54, 1.807) is 42.5 Å². The number of rotatable bonds is 8. The summed E-state index contributed by atoms with van der Waals surface area (Å²) in [5.74, 6) is -0.581. The molecule has 0 heterocycles. The first-order chi connectivity index (χ1) is 13.8. The van der Waals surface area contributed by atoms with Crippen LogP contribution in [0.4, 0.5) is 0 Å². The Morgan fingerprint density at radius 2 is 1.59 bits per heavy atom. The molecule has 3 N–H and O–H groups in total. The van der Waals surface area contributed by atoms with E-state index in [0.717, 1.165) is 5.56 Å². The Labute approximate surface area is 178 Å². The molecule has 7 nitrogen and oxygen atoms in total. The van der Waals surface area contributed by atoms with Gasteiger partial charge >= 0.3 is 0 Å². The minimum Gasteiger partial charge on any atom is -0.483 e. The third-order valence-electron chi connectivity index (χ3n) is 3.81. The molecule has 154 valence electrons. The molecule has 0 saturated heterocycles. The number of nitrogens with one attached hydrogen (secondary N) is 3. The number of benzene rings is 2. The number of hydrogen-bond acceptors (Lipinski definition) is 4. The summed E-state index contributed by atoms with van der Waals surface area (Å²) in [5.41, 5.74) is 5.87. The Bertz CT molecular complexity index is 873. The maximum Gasteiger partial charge on any atom is 0.276 e. The molecule has 0 unspecified atom stereocenters. The highest BCUT2D eigenvalue weighted by atomic mass is 35.5. The van der Waals surface area contributed by atoms with Crippen molar-refractivity contribution in [3.63, 3.8) is 0 Å². The Morgan fingerprint density at radius 3 is 2.28 bits per heavy atom. The van der Waals surface area contributed by atoms with E-state index in [0.29, 0.717) is 34.3 Å². The summed E-state index contributed by atoms with van der Waals surface area (Å²) in [6.45, 7) is 1.88. The summed E-state index contributed by atoms with van der Waals surface area (Å²) >= 11 is 11.6. The van der Waals surface area contributed by atoms with Gasteiger partial charge in [0.25, 0.3) is 11.8 Å². The van der Waals surface area contributed by atoms with Crippen molar-refractivity contribution >= 4 is 40.9 Å². The summed E-state index contributed by atoms with van der Waals surface area (Å²) in [5, 5.41) is 3.84.